The van der Waals surface area contributed by atoms with Crippen molar-refractivity contribution < 1.29 is 50.1 Å². The number of rotatable bonds is 7. The Morgan fingerprint density at radius 1 is 0.833 bits per heavy atom. The largest absolute Gasteiger partial charge is 0.481 e. The predicted octanol–water partition coefficient (Wildman–Crippen LogP) is -0.0909. The third-order valence-corrected chi connectivity index (χ3v) is 3.63. The van der Waals surface area contributed by atoms with Crippen molar-refractivity contribution in [3.8, 4) is 0 Å². The highest BCUT2D eigenvalue weighted by atomic mass is 16.5. The molecule has 0 amide bonds. The van der Waals surface area contributed by atoms with Crippen LogP contribution in [0.25, 0.3) is 0 Å². The topological polar surface area (TPSA) is 185 Å². The van der Waals surface area contributed by atoms with Crippen LogP contribution in [0.4, 0.5) is 0 Å². The number of carbonyl (C=O) groups excluding carboxylic acids is 1. The van der Waals surface area contributed by atoms with E-state index in [9.17, 15) is 9.59 Å². The van der Waals surface area contributed by atoms with Crippen molar-refractivity contribution in [1.82, 2.24) is 0 Å². The van der Waals surface area contributed by atoms with Crippen LogP contribution in [0.1, 0.15) is 59.8 Å². The van der Waals surface area contributed by atoms with Gasteiger partial charge in [0.2, 0.25) is 0 Å². The van der Waals surface area contributed by atoms with Gasteiger partial charge in [0, 0.05) is 0 Å². The summed E-state index contributed by atoms with van der Waals surface area (Å²) in [5.41, 5.74) is 0. The van der Waals surface area contributed by atoms with Gasteiger partial charge >= 0.3 is 11.9 Å². The van der Waals surface area contributed by atoms with Gasteiger partial charge in [-0.05, 0) is 40.0 Å². The molecule has 0 aromatic rings. The van der Waals surface area contributed by atoms with Gasteiger partial charge in [0.05, 0.1) is 56.6 Å². The fraction of sp³-hybridized carbons (Fsp3) is 0.900. The van der Waals surface area contributed by atoms with Crippen molar-refractivity contribution in [2.75, 3.05) is 26.4 Å². The molecule has 0 aliphatic heterocycles. The van der Waals surface area contributed by atoms with E-state index in [4.69, 9.17) is 40.5 Å². The zero-order valence-corrected chi connectivity index (χ0v) is 18.6. The second-order valence-electron chi connectivity index (χ2n) is 7.10. The maximum Gasteiger partial charge on any atom is 0.309 e. The lowest BCUT2D eigenvalue weighted by Gasteiger charge is -2.26. The van der Waals surface area contributed by atoms with Crippen molar-refractivity contribution in [1.29, 1.82) is 0 Å². The Morgan fingerprint density at radius 3 is 1.43 bits per heavy atom. The number of aliphatic hydroxyl groups is 6. The van der Waals surface area contributed by atoms with Crippen molar-refractivity contribution >= 4 is 11.9 Å². The molecule has 1 aliphatic rings. The number of esters is 1. The minimum absolute atomic E-state index is 0.139. The molecule has 10 nitrogen and oxygen atoms in total. The molecular weight excluding hydrogens is 400 g/mol. The molecule has 30 heavy (non-hydrogen) atoms. The lowest BCUT2D eigenvalue weighted by Crippen LogP contribution is -2.33. The first-order chi connectivity index (χ1) is 14.0. The van der Waals surface area contributed by atoms with Gasteiger partial charge in [-0.15, -0.1) is 0 Å². The normalized spacial score (nSPS) is 20.5. The van der Waals surface area contributed by atoms with E-state index in [1.807, 2.05) is 6.92 Å². The van der Waals surface area contributed by atoms with Crippen LogP contribution in [0.3, 0.4) is 0 Å². The molecule has 0 radical (unpaired) electrons. The average Bonchev–Trinajstić information content (AvgIpc) is 2.73. The molecule has 1 rings (SSSR count). The summed E-state index contributed by atoms with van der Waals surface area (Å²) < 4.78 is 5.01. The summed E-state index contributed by atoms with van der Waals surface area (Å²) in [6.45, 7) is 6.48. The van der Waals surface area contributed by atoms with Crippen LogP contribution in [0.15, 0.2) is 0 Å². The van der Waals surface area contributed by atoms with Gasteiger partial charge in [0.1, 0.15) is 0 Å². The maximum absolute atomic E-state index is 11.6. The molecule has 0 saturated heterocycles. The zero-order chi connectivity index (χ0) is 24.1. The Kier molecular flexibility index (Phi) is 24.9. The van der Waals surface area contributed by atoms with Crippen LogP contribution in [0.5, 0.6) is 0 Å². The van der Waals surface area contributed by atoms with Gasteiger partial charge in [0.25, 0.3) is 0 Å². The minimum atomic E-state index is -0.867. The molecule has 7 N–H and O–H groups in total. The van der Waals surface area contributed by atoms with Gasteiger partial charge in [-0.25, -0.2) is 0 Å². The molecule has 0 spiro atoms. The lowest BCUT2D eigenvalue weighted by molar-refractivity contribution is -0.159. The van der Waals surface area contributed by atoms with E-state index >= 15 is 0 Å². The molecule has 5 atom stereocenters. The van der Waals surface area contributed by atoms with E-state index in [0.29, 0.717) is 19.4 Å². The molecule has 182 valence electrons. The molecule has 1 fully saturated rings. The van der Waals surface area contributed by atoms with Crippen LogP contribution in [0.2, 0.25) is 0 Å². The highest BCUT2D eigenvalue weighted by Crippen LogP contribution is 2.31. The third-order valence-electron chi connectivity index (χ3n) is 3.63. The van der Waals surface area contributed by atoms with Gasteiger partial charge in [-0.1, -0.05) is 19.8 Å². The van der Waals surface area contributed by atoms with Gasteiger partial charge in [0.15, 0.2) is 0 Å². The van der Waals surface area contributed by atoms with E-state index in [-0.39, 0.29) is 25.8 Å². The molecule has 5 unspecified atom stereocenters. The minimum Gasteiger partial charge on any atom is -0.481 e. The van der Waals surface area contributed by atoms with E-state index < -0.39 is 36.1 Å². The Bertz CT molecular complexity index is 380. The summed E-state index contributed by atoms with van der Waals surface area (Å²) in [5, 5.41) is 57.0. The van der Waals surface area contributed by atoms with Crippen LogP contribution in [0, 0.1) is 11.8 Å². The summed E-state index contributed by atoms with van der Waals surface area (Å²) in [5.74, 6) is -2.16. The van der Waals surface area contributed by atoms with Crippen LogP contribution >= 0.6 is 0 Å². The number of carbonyl (C=O) groups is 2. The number of hydrogen-bond acceptors (Lipinski definition) is 9. The molecule has 0 bridgehead atoms. The number of carboxylic acid groups (broad SMARTS) is 1. The highest BCUT2D eigenvalue weighted by Gasteiger charge is 2.36. The Labute approximate surface area is 179 Å². The smallest absolute Gasteiger partial charge is 0.309 e. The second-order valence-corrected chi connectivity index (χ2v) is 7.10. The molecule has 10 heteroatoms. The van der Waals surface area contributed by atoms with E-state index in [0.717, 1.165) is 19.3 Å². The second kappa shape index (κ2) is 22.4. The first-order valence-electron chi connectivity index (χ1n) is 10.2. The van der Waals surface area contributed by atoms with Gasteiger partial charge < -0.3 is 40.5 Å². The van der Waals surface area contributed by atoms with E-state index in [1.54, 1.807) is 0 Å². The third kappa shape index (κ3) is 23.0. The fourth-order valence-electron chi connectivity index (χ4n) is 2.02. The number of aliphatic carboxylic acids is 1. The Morgan fingerprint density at radius 2 is 1.17 bits per heavy atom. The SMILES string of the molecule is CC(O)CO.CC(O)CO.CC(O)CO.CCCOC(=O)C1CCCCC1C(=O)O. The van der Waals surface area contributed by atoms with Crippen molar-refractivity contribution in [2.24, 2.45) is 11.8 Å². The lowest BCUT2D eigenvalue weighted by atomic mass is 9.79. The number of carboxylic acids is 1. The molecule has 1 aliphatic carbocycles. The number of aliphatic hydroxyl groups excluding tert-OH is 6. The summed E-state index contributed by atoms with van der Waals surface area (Å²) in [6, 6.07) is 0. The molecule has 0 aromatic heterocycles. The maximum atomic E-state index is 11.6. The summed E-state index contributed by atoms with van der Waals surface area (Å²) in [4.78, 5) is 22.5. The van der Waals surface area contributed by atoms with Crippen LogP contribution in [-0.4, -0.2) is 92.4 Å². The predicted molar refractivity (Wildman–Crippen MR) is 111 cm³/mol. The Balaban J connectivity index is -0.000000400. The Hall–Kier alpha value is -1.30. The molecule has 1 saturated carbocycles. The highest BCUT2D eigenvalue weighted by molar-refractivity contribution is 5.81. The fourth-order valence-corrected chi connectivity index (χ4v) is 2.02. The first-order valence-corrected chi connectivity index (χ1v) is 10.2. The van der Waals surface area contributed by atoms with Crippen molar-refractivity contribution in [3.05, 3.63) is 0 Å². The van der Waals surface area contributed by atoms with Gasteiger partial charge in [-0.2, -0.15) is 0 Å². The van der Waals surface area contributed by atoms with Gasteiger partial charge in [-0.3, -0.25) is 9.59 Å². The van der Waals surface area contributed by atoms with Crippen molar-refractivity contribution in [2.45, 2.75) is 78.1 Å². The number of hydrogen-bond donors (Lipinski definition) is 7. The van der Waals surface area contributed by atoms with Crippen LogP contribution < -0.4 is 0 Å². The van der Waals surface area contributed by atoms with E-state index in [2.05, 4.69) is 0 Å². The average molecular weight is 443 g/mol. The van der Waals surface area contributed by atoms with Crippen molar-refractivity contribution in [3.63, 3.8) is 0 Å². The monoisotopic (exact) mass is 442 g/mol. The standard InChI is InChI=1S/C11H18O4.3C3H8O2/c1-2-7-15-11(14)9-6-4-3-5-8(9)10(12)13;3*1-3(5)2-4/h8-9H,2-7H2,1H3,(H,12,13);3*3-5H,2H2,1H3. The molecular formula is C20H42O10. The zero-order valence-electron chi connectivity index (χ0n) is 18.6. The van der Waals surface area contributed by atoms with E-state index in [1.165, 1.54) is 20.8 Å². The summed E-state index contributed by atoms with van der Waals surface area (Å²) in [7, 11) is 0. The first kappa shape index (κ1) is 33.3. The molecule has 0 aromatic carbocycles. The summed E-state index contributed by atoms with van der Waals surface area (Å²) in [6.07, 6.45) is 2.17. The molecule has 0 heterocycles. The quantitative estimate of drug-likeness (QED) is 0.263. The summed E-state index contributed by atoms with van der Waals surface area (Å²) >= 11 is 0. The van der Waals surface area contributed by atoms with Crippen LogP contribution in [-0.2, 0) is 14.3 Å². The number of ether oxygens (including phenoxy) is 1.